The largest absolute Gasteiger partial charge is 0.493 e. The average Bonchev–Trinajstić information content (AvgIpc) is 2.44. The van der Waals surface area contributed by atoms with Crippen molar-refractivity contribution in [3.05, 3.63) is 23.4 Å². The number of carboxylic acids is 1. The Morgan fingerprint density at radius 1 is 1.10 bits per heavy atom. The molecule has 1 rings (SSSR count). The van der Waals surface area contributed by atoms with Gasteiger partial charge in [0.25, 0.3) is 0 Å². The number of carbonyl (C=O) groups excluding carboxylic acids is 1. The molecule has 0 radical (unpaired) electrons. The minimum absolute atomic E-state index is 0.253. The minimum atomic E-state index is -1.25. The first-order valence-corrected chi connectivity index (χ1v) is 5.95. The molecule has 0 spiro atoms. The third kappa shape index (κ3) is 4.13. The van der Waals surface area contributed by atoms with Gasteiger partial charge in [0.15, 0.2) is 11.5 Å². The van der Waals surface area contributed by atoms with E-state index in [1.807, 2.05) is 0 Å². The fraction of sp³-hybridized carbons (Fsp3) is 0.286. The van der Waals surface area contributed by atoms with E-state index < -0.39 is 11.9 Å². The molecule has 1 amide bonds. The lowest BCUT2D eigenvalue weighted by Gasteiger charge is -2.13. The number of ether oxygens (including phenoxy) is 3. The second-order valence-electron chi connectivity index (χ2n) is 4.00. The Hall–Kier alpha value is -2.70. The summed E-state index contributed by atoms with van der Waals surface area (Å²) < 4.78 is 15.5. The molecule has 0 unspecified atom stereocenters. The summed E-state index contributed by atoms with van der Waals surface area (Å²) in [5.74, 6) is -0.560. The molecule has 0 bridgehead atoms. The third-order valence-corrected chi connectivity index (χ3v) is 2.54. The van der Waals surface area contributed by atoms with Crippen LogP contribution in [0.15, 0.2) is 17.8 Å². The standard InChI is InChI=1S/C14H17NO6/c1-8(16)15-10(14(17)18)5-9-6-11(19-2)13(21-4)12(7-9)20-3/h5-7H,1-4H3,(H,15,16)(H,17,18)/b10-5-. The van der Waals surface area contributed by atoms with Crippen molar-refractivity contribution in [1.82, 2.24) is 5.32 Å². The highest BCUT2D eigenvalue weighted by molar-refractivity contribution is 5.96. The van der Waals surface area contributed by atoms with E-state index in [0.29, 0.717) is 22.8 Å². The molecule has 0 aromatic heterocycles. The van der Waals surface area contributed by atoms with E-state index in [0.717, 1.165) is 0 Å². The molecule has 0 heterocycles. The van der Waals surface area contributed by atoms with E-state index >= 15 is 0 Å². The summed E-state index contributed by atoms with van der Waals surface area (Å²) in [6, 6.07) is 3.15. The monoisotopic (exact) mass is 295 g/mol. The van der Waals surface area contributed by atoms with Gasteiger partial charge in [-0.2, -0.15) is 0 Å². The maximum Gasteiger partial charge on any atom is 0.352 e. The lowest BCUT2D eigenvalue weighted by molar-refractivity contribution is -0.134. The molecule has 114 valence electrons. The molecule has 0 aliphatic heterocycles. The Kier molecular flexibility index (Phi) is 5.59. The predicted octanol–water partition coefficient (Wildman–Crippen LogP) is 1.27. The molecular weight excluding hydrogens is 278 g/mol. The molecule has 21 heavy (non-hydrogen) atoms. The highest BCUT2D eigenvalue weighted by Crippen LogP contribution is 2.38. The topological polar surface area (TPSA) is 94.1 Å². The number of carboxylic acid groups (broad SMARTS) is 1. The van der Waals surface area contributed by atoms with Crippen LogP contribution >= 0.6 is 0 Å². The van der Waals surface area contributed by atoms with E-state index in [-0.39, 0.29) is 5.70 Å². The van der Waals surface area contributed by atoms with Crippen LogP contribution in [0.3, 0.4) is 0 Å². The molecule has 0 saturated carbocycles. The molecule has 1 aromatic rings. The second kappa shape index (κ2) is 7.18. The van der Waals surface area contributed by atoms with Crippen LogP contribution in [0.2, 0.25) is 0 Å². The van der Waals surface area contributed by atoms with Crippen LogP contribution in [0.1, 0.15) is 12.5 Å². The molecule has 7 heteroatoms. The number of hydrogen-bond donors (Lipinski definition) is 2. The van der Waals surface area contributed by atoms with E-state index in [1.165, 1.54) is 34.3 Å². The summed E-state index contributed by atoms with van der Waals surface area (Å²) in [4.78, 5) is 22.1. The van der Waals surface area contributed by atoms with Gasteiger partial charge in [0.1, 0.15) is 5.70 Å². The second-order valence-corrected chi connectivity index (χ2v) is 4.00. The van der Waals surface area contributed by atoms with Gasteiger partial charge in [0.05, 0.1) is 21.3 Å². The Morgan fingerprint density at radius 2 is 1.62 bits per heavy atom. The van der Waals surface area contributed by atoms with Gasteiger partial charge in [0, 0.05) is 6.92 Å². The van der Waals surface area contributed by atoms with E-state index in [9.17, 15) is 9.59 Å². The van der Waals surface area contributed by atoms with Crippen LogP contribution in [-0.2, 0) is 9.59 Å². The van der Waals surface area contributed by atoms with Crippen molar-refractivity contribution >= 4 is 18.0 Å². The maximum atomic E-state index is 11.1. The highest BCUT2D eigenvalue weighted by Gasteiger charge is 2.14. The number of nitrogens with one attached hydrogen (secondary N) is 1. The molecule has 7 nitrogen and oxygen atoms in total. The van der Waals surface area contributed by atoms with Crippen molar-refractivity contribution < 1.29 is 28.9 Å². The van der Waals surface area contributed by atoms with Crippen LogP contribution in [-0.4, -0.2) is 38.3 Å². The van der Waals surface area contributed by atoms with Gasteiger partial charge in [-0.25, -0.2) is 4.79 Å². The summed E-state index contributed by atoms with van der Waals surface area (Å²) in [6.07, 6.45) is 1.30. The zero-order valence-corrected chi connectivity index (χ0v) is 12.2. The molecule has 1 aromatic carbocycles. The lowest BCUT2D eigenvalue weighted by atomic mass is 10.1. The number of methoxy groups -OCH3 is 3. The third-order valence-electron chi connectivity index (χ3n) is 2.54. The van der Waals surface area contributed by atoms with Crippen molar-refractivity contribution in [2.75, 3.05) is 21.3 Å². The van der Waals surface area contributed by atoms with E-state index in [2.05, 4.69) is 5.32 Å². The Morgan fingerprint density at radius 3 is 1.95 bits per heavy atom. The van der Waals surface area contributed by atoms with Crippen LogP contribution < -0.4 is 19.5 Å². The molecule has 0 aliphatic rings. The summed E-state index contributed by atoms with van der Waals surface area (Å²) >= 11 is 0. The van der Waals surface area contributed by atoms with Crippen LogP contribution in [0, 0.1) is 0 Å². The molecule has 0 fully saturated rings. The molecule has 0 saturated heterocycles. The van der Waals surface area contributed by atoms with Gasteiger partial charge >= 0.3 is 5.97 Å². The first kappa shape index (κ1) is 16.4. The number of carbonyl (C=O) groups is 2. The number of aliphatic carboxylic acids is 1. The van der Waals surface area contributed by atoms with Crippen molar-refractivity contribution in [3.8, 4) is 17.2 Å². The quantitative estimate of drug-likeness (QED) is 0.768. The van der Waals surface area contributed by atoms with Crippen molar-refractivity contribution in [2.24, 2.45) is 0 Å². The fourth-order valence-electron chi connectivity index (χ4n) is 1.69. The van der Waals surface area contributed by atoms with Gasteiger partial charge in [-0.05, 0) is 23.8 Å². The number of rotatable bonds is 6. The van der Waals surface area contributed by atoms with Gasteiger partial charge in [-0.15, -0.1) is 0 Å². The van der Waals surface area contributed by atoms with E-state index in [1.54, 1.807) is 12.1 Å². The van der Waals surface area contributed by atoms with Crippen molar-refractivity contribution in [3.63, 3.8) is 0 Å². The normalized spacial score (nSPS) is 10.8. The summed E-state index contributed by atoms with van der Waals surface area (Å²) in [7, 11) is 4.38. The fourth-order valence-corrected chi connectivity index (χ4v) is 1.69. The SMILES string of the molecule is COc1cc(/C=C(\NC(C)=O)C(=O)O)cc(OC)c1OC. The van der Waals surface area contributed by atoms with Crippen molar-refractivity contribution in [1.29, 1.82) is 0 Å². The summed E-state index contributed by atoms with van der Waals surface area (Å²) in [5.41, 5.74) is 0.229. The van der Waals surface area contributed by atoms with Gasteiger partial charge < -0.3 is 24.6 Å². The zero-order valence-electron chi connectivity index (χ0n) is 12.2. The molecule has 2 N–H and O–H groups in total. The van der Waals surface area contributed by atoms with E-state index in [4.69, 9.17) is 19.3 Å². The summed E-state index contributed by atoms with van der Waals surface area (Å²) in [5, 5.41) is 11.3. The highest BCUT2D eigenvalue weighted by atomic mass is 16.5. The van der Waals surface area contributed by atoms with Gasteiger partial charge in [0.2, 0.25) is 11.7 Å². The number of hydrogen-bond acceptors (Lipinski definition) is 5. The minimum Gasteiger partial charge on any atom is -0.493 e. The van der Waals surface area contributed by atoms with Crippen molar-refractivity contribution in [2.45, 2.75) is 6.92 Å². The van der Waals surface area contributed by atoms with Crippen LogP contribution in [0.25, 0.3) is 6.08 Å². The molecular formula is C14H17NO6. The van der Waals surface area contributed by atoms with Gasteiger partial charge in [-0.1, -0.05) is 0 Å². The summed E-state index contributed by atoms with van der Waals surface area (Å²) in [6.45, 7) is 1.23. The Bertz CT molecular complexity index is 554. The molecule has 0 atom stereocenters. The predicted molar refractivity (Wildman–Crippen MR) is 75.5 cm³/mol. The average molecular weight is 295 g/mol. The Balaban J connectivity index is 3.35. The van der Waals surface area contributed by atoms with Crippen LogP contribution in [0.5, 0.6) is 17.2 Å². The first-order chi connectivity index (χ1) is 9.92. The molecule has 0 aliphatic carbocycles. The Labute approximate surface area is 122 Å². The smallest absolute Gasteiger partial charge is 0.352 e. The van der Waals surface area contributed by atoms with Gasteiger partial charge in [-0.3, -0.25) is 4.79 Å². The number of amides is 1. The number of benzene rings is 1. The maximum absolute atomic E-state index is 11.1. The first-order valence-electron chi connectivity index (χ1n) is 5.95. The van der Waals surface area contributed by atoms with Crippen LogP contribution in [0.4, 0.5) is 0 Å². The lowest BCUT2D eigenvalue weighted by Crippen LogP contribution is -2.24. The zero-order chi connectivity index (χ0) is 16.0.